The number of nitrogens with one attached hydrogen (secondary N) is 1. The molecular weight excluding hydrogens is 324 g/mol. The summed E-state index contributed by atoms with van der Waals surface area (Å²) < 4.78 is 10.6. The largest absolute Gasteiger partial charge is 0.479 e. The second-order valence-electron chi connectivity index (χ2n) is 6.01. The number of methoxy groups -OCH3 is 1. The van der Waals surface area contributed by atoms with E-state index in [-0.39, 0.29) is 19.4 Å². The van der Waals surface area contributed by atoms with Crippen LogP contribution in [0.3, 0.4) is 0 Å². The molecule has 0 saturated carbocycles. The fourth-order valence-electron chi connectivity index (χ4n) is 2.45. The number of carboxylic acid groups (broad SMARTS) is 1. The Morgan fingerprint density at radius 1 is 1.32 bits per heavy atom. The van der Waals surface area contributed by atoms with Gasteiger partial charge in [0.15, 0.2) is 17.2 Å². The van der Waals surface area contributed by atoms with Crippen LogP contribution in [0.1, 0.15) is 24.9 Å². The Balaban J connectivity index is 2.00. The van der Waals surface area contributed by atoms with E-state index in [9.17, 15) is 14.7 Å². The van der Waals surface area contributed by atoms with Crippen molar-refractivity contribution in [3.63, 3.8) is 0 Å². The minimum absolute atomic E-state index is 0.0702. The lowest BCUT2D eigenvalue weighted by Gasteiger charge is -2.25. The number of nitrogens with zero attached hydrogens (tertiary/aromatic N) is 1. The topological polar surface area (TPSA) is 102 Å². The predicted molar refractivity (Wildman–Crippen MR) is 91.1 cm³/mol. The molecule has 1 aromatic heterocycles. The summed E-state index contributed by atoms with van der Waals surface area (Å²) in [5.41, 5.74) is 0.200. The van der Waals surface area contributed by atoms with Gasteiger partial charge in [0.05, 0.1) is 12.3 Å². The molecule has 25 heavy (non-hydrogen) atoms. The highest BCUT2D eigenvalue weighted by Gasteiger charge is 2.34. The summed E-state index contributed by atoms with van der Waals surface area (Å²) in [4.78, 5) is 27.7. The van der Waals surface area contributed by atoms with E-state index in [2.05, 4.69) is 10.3 Å². The first-order valence-electron chi connectivity index (χ1n) is 7.91. The quantitative estimate of drug-likeness (QED) is 0.760. The first-order valence-corrected chi connectivity index (χ1v) is 7.91. The SMILES string of the molecule is COCC(C)(NC(=O)CCc1nc(C)c(-c2ccccc2)o1)C(=O)O. The van der Waals surface area contributed by atoms with Crippen molar-refractivity contribution in [3.05, 3.63) is 41.9 Å². The Kier molecular flexibility index (Phi) is 5.93. The molecule has 7 heteroatoms. The van der Waals surface area contributed by atoms with Crippen molar-refractivity contribution in [1.82, 2.24) is 10.3 Å². The van der Waals surface area contributed by atoms with E-state index in [1.807, 2.05) is 37.3 Å². The van der Waals surface area contributed by atoms with Gasteiger partial charge in [0, 0.05) is 25.5 Å². The van der Waals surface area contributed by atoms with Gasteiger partial charge in [0.2, 0.25) is 5.91 Å². The van der Waals surface area contributed by atoms with E-state index in [0.717, 1.165) is 11.3 Å². The molecule has 0 bridgehead atoms. The summed E-state index contributed by atoms with van der Waals surface area (Å²) in [7, 11) is 1.38. The predicted octanol–water partition coefficient (Wildman–Crippen LogP) is 2.19. The van der Waals surface area contributed by atoms with Crippen LogP contribution in [0, 0.1) is 6.92 Å². The molecule has 1 unspecified atom stereocenters. The molecule has 0 radical (unpaired) electrons. The fraction of sp³-hybridized carbons (Fsp3) is 0.389. The summed E-state index contributed by atoms with van der Waals surface area (Å²) >= 11 is 0. The molecule has 1 atom stereocenters. The Bertz CT molecular complexity index is 741. The zero-order chi connectivity index (χ0) is 18.4. The zero-order valence-electron chi connectivity index (χ0n) is 14.5. The highest BCUT2D eigenvalue weighted by Crippen LogP contribution is 2.24. The minimum atomic E-state index is -1.46. The number of aliphatic carboxylic acids is 1. The van der Waals surface area contributed by atoms with Crippen LogP contribution in [0.15, 0.2) is 34.7 Å². The molecule has 2 N–H and O–H groups in total. The number of amides is 1. The van der Waals surface area contributed by atoms with Crippen LogP contribution < -0.4 is 5.32 Å². The van der Waals surface area contributed by atoms with Gasteiger partial charge < -0.3 is 19.6 Å². The summed E-state index contributed by atoms with van der Waals surface area (Å²) in [5, 5.41) is 11.7. The van der Waals surface area contributed by atoms with Crippen molar-refractivity contribution in [1.29, 1.82) is 0 Å². The maximum absolute atomic E-state index is 12.1. The van der Waals surface area contributed by atoms with Crippen LogP contribution in [0.25, 0.3) is 11.3 Å². The van der Waals surface area contributed by atoms with Gasteiger partial charge in [0.25, 0.3) is 0 Å². The van der Waals surface area contributed by atoms with Gasteiger partial charge in [-0.25, -0.2) is 9.78 Å². The summed E-state index contributed by atoms with van der Waals surface area (Å²) in [6.45, 7) is 3.12. The third-order valence-electron chi connectivity index (χ3n) is 3.76. The van der Waals surface area contributed by atoms with Crippen molar-refractivity contribution in [2.24, 2.45) is 0 Å². The van der Waals surface area contributed by atoms with Crippen LogP contribution in [0.5, 0.6) is 0 Å². The lowest BCUT2D eigenvalue weighted by Crippen LogP contribution is -2.55. The number of benzene rings is 1. The van der Waals surface area contributed by atoms with Crippen LogP contribution >= 0.6 is 0 Å². The second-order valence-corrected chi connectivity index (χ2v) is 6.01. The van der Waals surface area contributed by atoms with E-state index in [0.29, 0.717) is 11.7 Å². The lowest BCUT2D eigenvalue weighted by atomic mass is 10.0. The molecule has 134 valence electrons. The molecule has 0 spiro atoms. The van der Waals surface area contributed by atoms with Gasteiger partial charge in [-0.3, -0.25) is 4.79 Å². The van der Waals surface area contributed by atoms with Gasteiger partial charge in [-0.2, -0.15) is 0 Å². The molecule has 0 saturated heterocycles. The minimum Gasteiger partial charge on any atom is -0.479 e. The Hall–Kier alpha value is -2.67. The number of hydrogen-bond acceptors (Lipinski definition) is 5. The maximum Gasteiger partial charge on any atom is 0.331 e. The van der Waals surface area contributed by atoms with Crippen molar-refractivity contribution < 1.29 is 23.8 Å². The van der Waals surface area contributed by atoms with E-state index in [1.165, 1.54) is 14.0 Å². The molecule has 0 aliphatic carbocycles. The average molecular weight is 346 g/mol. The van der Waals surface area contributed by atoms with Crippen molar-refractivity contribution >= 4 is 11.9 Å². The van der Waals surface area contributed by atoms with Gasteiger partial charge in [-0.15, -0.1) is 0 Å². The average Bonchev–Trinajstić information content (AvgIpc) is 2.95. The van der Waals surface area contributed by atoms with E-state index in [4.69, 9.17) is 9.15 Å². The summed E-state index contributed by atoms with van der Waals surface area (Å²) in [6.07, 6.45) is 0.350. The summed E-state index contributed by atoms with van der Waals surface area (Å²) in [6, 6.07) is 9.58. The van der Waals surface area contributed by atoms with Crippen molar-refractivity contribution in [2.45, 2.75) is 32.2 Å². The fourth-order valence-corrected chi connectivity index (χ4v) is 2.45. The Morgan fingerprint density at radius 3 is 2.60 bits per heavy atom. The molecule has 1 amide bonds. The van der Waals surface area contributed by atoms with Crippen molar-refractivity contribution in [3.8, 4) is 11.3 Å². The molecule has 1 heterocycles. The molecule has 0 aliphatic heterocycles. The number of hydrogen-bond donors (Lipinski definition) is 2. The van der Waals surface area contributed by atoms with E-state index in [1.54, 1.807) is 0 Å². The third-order valence-corrected chi connectivity index (χ3v) is 3.76. The second kappa shape index (κ2) is 7.94. The number of carboxylic acids is 1. The Labute approximate surface area is 146 Å². The first-order chi connectivity index (χ1) is 11.9. The number of carbonyl (C=O) groups is 2. The van der Waals surface area contributed by atoms with Gasteiger partial charge in [-0.1, -0.05) is 30.3 Å². The molecule has 7 nitrogen and oxygen atoms in total. The number of oxazole rings is 1. The van der Waals surface area contributed by atoms with Gasteiger partial charge in [0.1, 0.15) is 0 Å². The van der Waals surface area contributed by atoms with E-state index >= 15 is 0 Å². The highest BCUT2D eigenvalue weighted by molar-refractivity contribution is 5.86. The Morgan fingerprint density at radius 2 is 2.00 bits per heavy atom. The van der Waals surface area contributed by atoms with Crippen LogP contribution in [0.2, 0.25) is 0 Å². The first kappa shape index (κ1) is 18.7. The molecule has 2 aromatic rings. The third kappa shape index (κ3) is 4.67. The standard InChI is InChI=1S/C18H22N2O5/c1-12-16(13-7-5-4-6-8-13)25-15(19-12)10-9-14(21)20-18(2,11-24-3)17(22)23/h4-8H,9-11H2,1-3H3,(H,20,21)(H,22,23). The van der Waals surface area contributed by atoms with Crippen LogP contribution in [-0.2, 0) is 20.7 Å². The smallest absolute Gasteiger partial charge is 0.331 e. The number of rotatable bonds is 8. The summed E-state index contributed by atoms with van der Waals surface area (Å²) in [5.74, 6) is -0.443. The lowest BCUT2D eigenvalue weighted by molar-refractivity contribution is -0.149. The zero-order valence-corrected chi connectivity index (χ0v) is 14.5. The number of aryl methyl sites for hydroxylation is 2. The van der Waals surface area contributed by atoms with Crippen molar-refractivity contribution in [2.75, 3.05) is 13.7 Å². The van der Waals surface area contributed by atoms with Gasteiger partial charge >= 0.3 is 5.97 Å². The molecule has 0 aliphatic rings. The van der Waals surface area contributed by atoms with Crippen LogP contribution in [-0.4, -0.2) is 41.2 Å². The van der Waals surface area contributed by atoms with Gasteiger partial charge in [-0.05, 0) is 13.8 Å². The molecule has 2 rings (SSSR count). The maximum atomic E-state index is 12.1. The van der Waals surface area contributed by atoms with E-state index < -0.39 is 17.4 Å². The number of ether oxygens (including phenoxy) is 1. The van der Waals surface area contributed by atoms with Crippen LogP contribution in [0.4, 0.5) is 0 Å². The number of carbonyl (C=O) groups excluding carboxylic acids is 1. The molecule has 1 aromatic carbocycles. The highest BCUT2D eigenvalue weighted by atomic mass is 16.5. The monoisotopic (exact) mass is 346 g/mol. The number of aromatic nitrogens is 1. The molecular formula is C18H22N2O5. The molecule has 0 fully saturated rings. The normalized spacial score (nSPS) is 13.2.